The molecule has 0 radical (unpaired) electrons. The number of hydrogen-bond acceptors (Lipinski definition) is 2. The van der Waals surface area contributed by atoms with Gasteiger partial charge in [-0.05, 0) is 12.0 Å². The lowest BCUT2D eigenvalue weighted by Gasteiger charge is -2.22. The predicted molar refractivity (Wildman–Crippen MR) is 60.5 cm³/mol. The average molecular weight is 324 g/mol. The van der Waals surface area contributed by atoms with Gasteiger partial charge in [0, 0.05) is 0 Å². The highest BCUT2D eigenvalue weighted by molar-refractivity contribution is 9.10. The van der Waals surface area contributed by atoms with Crippen LogP contribution in [0.5, 0.6) is 0 Å². The minimum atomic E-state index is -4.86. The molecule has 0 aliphatic carbocycles. The van der Waals surface area contributed by atoms with Crippen molar-refractivity contribution >= 4 is 21.8 Å². The summed E-state index contributed by atoms with van der Waals surface area (Å²) >= 11 is 3.23. The summed E-state index contributed by atoms with van der Waals surface area (Å²) in [5.74, 6) is -0.744. The molecule has 3 nitrogen and oxygen atoms in total. The first-order chi connectivity index (χ1) is 8.33. The summed E-state index contributed by atoms with van der Waals surface area (Å²) in [5.41, 5.74) is 0.614. The van der Waals surface area contributed by atoms with E-state index in [4.69, 9.17) is 0 Å². The molecule has 1 amide bonds. The number of hydrogen-bond donors (Lipinski definition) is 0. The van der Waals surface area contributed by atoms with E-state index in [0.717, 1.165) is 0 Å². The molecule has 1 fully saturated rings. The topological polar surface area (TPSA) is 29.5 Å². The van der Waals surface area contributed by atoms with Crippen LogP contribution >= 0.6 is 15.9 Å². The van der Waals surface area contributed by atoms with Gasteiger partial charge in [-0.3, -0.25) is 4.79 Å². The lowest BCUT2D eigenvalue weighted by Crippen LogP contribution is -2.37. The van der Waals surface area contributed by atoms with Crippen molar-refractivity contribution in [3.63, 3.8) is 0 Å². The second kappa shape index (κ2) is 4.55. The van der Waals surface area contributed by atoms with Crippen molar-refractivity contribution in [3.8, 4) is 0 Å². The molecule has 1 aromatic carbocycles. The van der Waals surface area contributed by atoms with E-state index in [9.17, 15) is 18.0 Å². The molecule has 1 unspecified atom stereocenters. The lowest BCUT2D eigenvalue weighted by molar-refractivity contribution is -0.399. The first-order valence-electron chi connectivity index (χ1n) is 5.15. The summed E-state index contributed by atoms with van der Waals surface area (Å²) in [6, 6.07) is 8.58. The van der Waals surface area contributed by atoms with Crippen molar-refractivity contribution in [1.82, 2.24) is 5.06 Å². The van der Waals surface area contributed by atoms with Crippen LogP contribution in [0.1, 0.15) is 12.0 Å². The van der Waals surface area contributed by atoms with E-state index in [1.807, 2.05) is 0 Å². The van der Waals surface area contributed by atoms with Gasteiger partial charge in [0.05, 0.1) is 6.54 Å². The summed E-state index contributed by atoms with van der Waals surface area (Å²) in [6.45, 7) is -0.113. The van der Waals surface area contributed by atoms with Crippen LogP contribution in [0.4, 0.5) is 13.2 Å². The summed E-state index contributed by atoms with van der Waals surface area (Å²) in [5, 5.41) is 0.349. The zero-order chi connectivity index (χ0) is 13.4. The number of benzene rings is 1. The molecule has 0 spiro atoms. The molecule has 1 aliphatic rings. The molecule has 18 heavy (non-hydrogen) atoms. The number of hydroxylamine groups is 2. The SMILES string of the molecule is O=C1N(OC(F)(F)F)CCC1(Br)c1ccccc1. The second-order valence-electron chi connectivity index (χ2n) is 3.86. The van der Waals surface area contributed by atoms with Gasteiger partial charge < -0.3 is 0 Å². The van der Waals surface area contributed by atoms with Gasteiger partial charge in [0.15, 0.2) is 0 Å². The Morgan fingerprint density at radius 2 is 1.89 bits per heavy atom. The van der Waals surface area contributed by atoms with Crippen LogP contribution in [0.2, 0.25) is 0 Å². The molecule has 0 saturated carbocycles. The fourth-order valence-corrected chi connectivity index (χ4v) is 2.48. The largest absolute Gasteiger partial charge is 0.544 e. The Morgan fingerprint density at radius 1 is 1.28 bits per heavy atom. The fourth-order valence-electron chi connectivity index (χ4n) is 1.84. The van der Waals surface area contributed by atoms with Crippen LogP contribution in [0, 0.1) is 0 Å². The monoisotopic (exact) mass is 323 g/mol. The quantitative estimate of drug-likeness (QED) is 0.783. The van der Waals surface area contributed by atoms with E-state index in [0.29, 0.717) is 10.6 Å². The Kier molecular flexibility index (Phi) is 3.37. The molecule has 2 rings (SSSR count). The zero-order valence-corrected chi connectivity index (χ0v) is 10.7. The van der Waals surface area contributed by atoms with Crippen LogP contribution in [0.25, 0.3) is 0 Å². The Labute approximate surface area is 110 Å². The molecule has 1 atom stereocenters. The minimum Gasteiger partial charge on any atom is -0.271 e. The van der Waals surface area contributed by atoms with Crippen LogP contribution in [0.3, 0.4) is 0 Å². The third-order valence-electron chi connectivity index (χ3n) is 2.67. The molecular weight excluding hydrogens is 315 g/mol. The molecule has 1 aromatic rings. The van der Waals surface area contributed by atoms with Gasteiger partial charge in [0.2, 0.25) is 0 Å². The van der Waals surface area contributed by atoms with Crippen LogP contribution < -0.4 is 0 Å². The van der Waals surface area contributed by atoms with Gasteiger partial charge in [-0.25, -0.2) is 5.06 Å². The van der Waals surface area contributed by atoms with Gasteiger partial charge in [0.1, 0.15) is 4.32 Å². The summed E-state index contributed by atoms with van der Waals surface area (Å²) in [7, 11) is 0. The highest BCUT2D eigenvalue weighted by Gasteiger charge is 2.50. The van der Waals surface area contributed by atoms with E-state index >= 15 is 0 Å². The maximum atomic E-state index is 12.1. The van der Waals surface area contributed by atoms with E-state index in [1.54, 1.807) is 30.3 Å². The van der Waals surface area contributed by atoms with Crippen molar-refractivity contribution in [1.29, 1.82) is 0 Å². The lowest BCUT2D eigenvalue weighted by atomic mass is 9.98. The molecule has 7 heteroatoms. The number of amides is 1. The Morgan fingerprint density at radius 3 is 2.44 bits per heavy atom. The molecule has 0 bridgehead atoms. The standard InChI is InChI=1S/C11H9BrF3NO2/c12-10(8-4-2-1-3-5-8)6-7-16(9(10)17)18-11(13,14)15/h1-5H,6-7H2. The summed E-state index contributed by atoms with van der Waals surface area (Å²) < 4.78 is 35.2. The number of halogens is 4. The zero-order valence-electron chi connectivity index (χ0n) is 9.08. The highest BCUT2D eigenvalue weighted by atomic mass is 79.9. The van der Waals surface area contributed by atoms with Gasteiger partial charge in [-0.1, -0.05) is 46.3 Å². The summed E-state index contributed by atoms with van der Waals surface area (Å²) in [6.07, 6.45) is -4.64. The Hall–Kier alpha value is -1.08. The van der Waals surface area contributed by atoms with Gasteiger partial charge in [0.25, 0.3) is 5.91 Å². The Bertz CT molecular complexity index is 451. The number of alkyl halides is 4. The Balaban J connectivity index is 2.21. The third kappa shape index (κ3) is 2.51. The minimum absolute atomic E-state index is 0.113. The number of carbonyl (C=O) groups excluding carboxylic acids is 1. The van der Waals surface area contributed by atoms with E-state index < -0.39 is 16.6 Å². The summed E-state index contributed by atoms with van der Waals surface area (Å²) in [4.78, 5) is 15.6. The second-order valence-corrected chi connectivity index (χ2v) is 5.22. The molecule has 0 N–H and O–H groups in total. The van der Waals surface area contributed by atoms with Crippen LogP contribution in [-0.2, 0) is 14.0 Å². The van der Waals surface area contributed by atoms with Gasteiger partial charge in [-0.15, -0.1) is 13.2 Å². The molecule has 1 aliphatic heterocycles. The van der Waals surface area contributed by atoms with Crippen LogP contribution in [0.15, 0.2) is 30.3 Å². The van der Waals surface area contributed by atoms with Gasteiger partial charge in [-0.2, -0.15) is 4.84 Å². The molecular formula is C11H9BrF3NO2. The van der Waals surface area contributed by atoms with Crippen molar-refractivity contribution in [2.24, 2.45) is 0 Å². The van der Waals surface area contributed by atoms with E-state index in [1.165, 1.54) is 0 Å². The maximum absolute atomic E-state index is 12.1. The van der Waals surface area contributed by atoms with Crippen molar-refractivity contribution in [3.05, 3.63) is 35.9 Å². The number of carbonyl (C=O) groups is 1. The van der Waals surface area contributed by atoms with Crippen molar-refractivity contribution < 1.29 is 22.8 Å². The molecule has 1 heterocycles. The molecule has 98 valence electrons. The normalized spacial score (nSPS) is 24.7. The smallest absolute Gasteiger partial charge is 0.271 e. The number of nitrogens with zero attached hydrogens (tertiary/aromatic N) is 1. The van der Waals surface area contributed by atoms with E-state index in [2.05, 4.69) is 20.8 Å². The predicted octanol–water partition coefficient (Wildman–Crippen LogP) is 2.96. The fraction of sp³-hybridized carbons (Fsp3) is 0.364. The first-order valence-corrected chi connectivity index (χ1v) is 5.94. The average Bonchev–Trinajstić information content (AvgIpc) is 2.58. The highest BCUT2D eigenvalue weighted by Crippen LogP contribution is 2.42. The van der Waals surface area contributed by atoms with Crippen molar-refractivity contribution in [2.75, 3.05) is 6.54 Å². The van der Waals surface area contributed by atoms with Crippen molar-refractivity contribution in [2.45, 2.75) is 17.1 Å². The van der Waals surface area contributed by atoms with E-state index in [-0.39, 0.29) is 13.0 Å². The number of rotatable bonds is 2. The molecule has 0 aromatic heterocycles. The first kappa shape index (κ1) is 13.4. The third-order valence-corrected chi connectivity index (χ3v) is 3.86. The maximum Gasteiger partial charge on any atom is 0.544 e. The van der Waals surface area contributed by atoms with Gasteiger partial charge >= 0.3 is 6.36 Å². The molecule has 1 saturated heterocycles. The van der Waals surface area contributed by atoms with Crippen LogP contribution in [-0.4, -0.2) is 23.9 Å².